The van der Waals surface area contributed by atoms with E-state index in [1.165, 1.54) is 19.1 Å². The van der Waals surface area contributed by atoms with Gasteiger partial charge in [-0.05, 0) is 36.4 Å². The molecule has 0 aliphatic heterocycles. The first-order valence-corrected chi connectivity index (χ1v) is 7.78. The van der Waals surface area contributed by atoms with Gasteiger partial charge in [0.2, 0.25) is 0 Å². The van der Waals surface area contributed by atoms with Crippen LogP contribution < -0.4 is 4.74 Å². The maximum atomic E-state index is 13.9. The lowest BCUT2D eigenvalue weighted by Crippen LogP contribution is -2.09. The summed E-state index contributed by atoms with van der Waals surface area (Å²) >= 11 is 0. The van der Waals surface area contributed by atoms with Gasteiger partial charge >= 0.3 is 5.97 Å². The molecular weight excluding hydrogens is 323 g/mol. The Hall–Kier alpha value is -2.95. The molecule has 0 spiro atoms. The second kappa shape index (κ2) is 8.78. The monoisotopic (exact) mass is 342 g/mol. The summed E-state index contributed by atoms with van der Waals surface area (Å²) in [6, 6.07) is 12.8. The van der Waals surface area contributed by atoms with Gasteiger partial charge in [0.1, 0.15) is 11.6 Å². The molecule has 0 aromatic heterocycles. The van der Waals surface area contributed by atoms with E-state index < -0.39 is 11.8 Å². The van der Waals surface area contributed by atoms with E-state index in [4.69, 9.17) is 9.47 Å². The van der Waals surface area contributed by atoms with E-state index in [0.29, 0.717) is 22.4 Å². The molecule has 0 saturated carbocycles. The van der Waals surface area contributed by atoms with Crippen LogP contribution in [0, 0.1) is 5.82 Å². The number of ether oxygens (including phenoxy) is 2. The SMILES string of the molecule is COc1ccc(C(=O)/C(=C/c2ccccc2F)CCOC(C)=O)cc1. The molecule has 25 heavy (non-hydrogen) atoms. The molecule has 2 rings (SSSR count). The van der Waals surface area contributed by atoms with Crippen molar-refractivity contribution in [1.82, 2.24) is 0 Å². The number of hydrogen-bond acceptors (Lipinski definition) is 4. The summed E-state index contributed by atoms with van der Waals surface area (Å²) in [7, 11) is 1.54. The van der Waals surface area contributed by atoms with Gasteiger partial charge in [0, 0.05) is 30.0 Å². The normalized spacial score (nSPS) is 11.1. The van der Waals surface area contributed by atoms with Crippen LogP contribution in [0.15, 0.2) is 54.1 Å². The zero-order valence-electron chi connectivity index (χ0n) is 14.1. The predicted octanol–water partition coefficient (Wildman–Crippen LogP) is 4.05. The van der Waals surface area contributed by atoms with Gasteiger partial charge in [-0.1, -0.05) is 18.2 Å². The van der Waals surface area contributed by atoms with Crippen molar-refractivity contribution in [2.45, 2.75) is 13.3 Å². The molecule has 0 atom stereocenters. The van der Waals surface area contributed by atoms with Crippen molar-refractivity contribution >= 4 is 17.8 Å². The molecule has 5 heteroatoms. The van der Waals surface area contributed by atoms with E-state index in [-0.39, 0.29) is 18.8 Å². The highest BCUT2D eigenvalue weighted by molar-refractivity contribution is 6.11. The van der Waals surface area contributed by atoms with Crippen LogP contribution in [-0.4, -0.2) is 25.5 Å². The van der Waals surface area contributed by atoms with Crippen LogP contribution in [0.5, 0.6) is 5.75 Å². The fourth-order valence-corrected chi connectivity index (χ4v) is 2.26. The van der Waals surface area contributed by atoms with Gasteiger partial charge in [-0.15, -0.1) is 0 Å². The Kier molecular flexibility index (Phi) is 6.46. The number of carbonyl (C=O) groups excluding carboxylic acids is 2. The van der Waals surface area contributed by atoms with E-state index in [9.17, 15) is 14.0 Å². The molecule has 130 valence electrons. The molecule has 0 unspecified atom stereocenters. The summed E-state index contributed by atoms with van der Waals surface area (Å²) in [5.74, 6) is -0.466. The van der Waals surface area contributed by atoms with Crippen LogP contribution in [-0.2, 0) is 9.53 Å². The largest absolute Gasteiger partial charge is 0.497 e. The third-order valence-electron chi connectivity index (χ3n) is 3.56. The van der Waals surface area contributed by atoms with Crippen LogP contribution in [0.2, 0.25) is 0 Å². The summed E-state index contributed by atoms with van der Waals surface area (Å²) in [5, 5.41) is 0. The standard InChI is InChI=1S/C20H19FO4/c1-14(22)25-12-11-17(13-16-5-3-4-6-19(16)21)20(23)15-7-9-18(24-2)10-8-15/h3-10,13H,11-12H2,1-2H3/b17-13+. The van der Waals surface area contributed by atoms with Gasteiger partial charge in [0.25, 0.3) is 0 Å². The number of hydrogen-bond donors (Lipinski definition) is 0. The Balaban J connectivity index is 2.30. The Morgan fingerprint density at radius 2 is 1.76 bits per heavy atom. The number of esters is 1. The summed E-state index contributed by atoms with van der Waals surface area (Å²) in [6.07, 6.45) is 1.68. The summed E-state index contributed by atoms with van der Waals surface area (Å²) in [6.45, 7) is 1.35. The van der Waals surface area contributed by atoms with E-state index in [2.05, 4.69) is 0 Å². The van der Waals surface area contributed by atoms with Crippen molar-refractivity contribution in [3.63, 3.8) is 0 Å². The molecule has 0 heterocycles. The number of halogens is 1. The third-order valence-corrected chi connectivity index (χ3v) is 3.56. The highest BCUT2D eigenvalue weighted by Crippen LogP contribution is 2.20. The highest BCUT2D eigenvalue weighted by atomic mass is 19.1. The summed E-state index contributed by atoms with van der Waals surface area (Å²) in [5.41, 5.74) is 1.12. The molecule has 0 radical (unpaired) electrons. The Morgan fingerprint density at radius 1 is 1.08 bits per heavy atom. The van der Waals surface area contributed by atoms with E-state index >= 15 is 0 Å². The van der Waals surface area contributed by atoms with Crippen molar-refractivity contribution in [2.24, 2.45) is 0 Å². The average molecular weight is 342 g/mol. The van der Waals surface area contributed by atoms with Gasteiger partial charge in [0.15, 0.2) is 5.78 Å². The van der Waals surface area contributed by atoms with Crippen LogP contribution in [0.25, 0.3) is 6.08 Å². The Morgan fingerprint density at radius 3 is 2.36 bits per heavy atom. The molecule has 0 bridgehead atoms. The van der Waals surface area contributed by atoms with Crippen molar-refractivity contribution < 1.29 is 23.5 Å². The van der Waals surface area contributed by atoms with Crippen LogP contribution >= 0.6 is 0 Å². The topological polar surface area (TPSA) is 52.6 Å². The lowest BCUT2D eigenvalue weighted by Gasteiger charge is -2.09. The fraction of sp³-hybridized carbons (Fsp3) is 0.200. The lowest BCUT2D eigenvalue weighted by molar-refractivity contribution is -0.140. The molecule has 0 saturated heterocycles. The molecule has 2 aromatic rings. The lowest BCUT2D eigenvalue weighted by atomic mass is 9.98. The van der Waals surface area contributed by atoms with Gasteiger partial charge in [-0.25, -0.2) is 4.39 Å². The second-order valence-corrected chi connectivity index (χ2v) is 5.34. The van der Waals surface area contributed by atoms with E-state index in [1.807, 2.05) is 0 Å². The average Bonchev–Trinajstić information content (AvgIpc) is 2.61. The Bertz CT molecular complexity index is 779. The van der Waals surface area contributed by atoms with Gasteiger partial charge < -0.3 is 9.47 Å². The van der Waals surface area contributed by atoms with Crippen LogP contribution in [0.3, 0.4) is 0 Å². The van der Waals surface area contributed by atoms with E-state index in [1.54, 1.807) is 49.6 Å². The number of carbonyl (C=O) groups is 2. The highest BCUT2D eigenvalue weighted by Gasteiger charge is 2.14. The maximum absolute atomic E-state index is 13.9. The quantitative estimate of drug-likeness (QED) is 0.433. The smallest absolute Gasteiger partial charge is 0.302 e. The molecule has 2 aromatic carbocycles. The third kappa shape index (κ3) is 5.28. The second-order valence-electron chi connectivity index (χ2n) is 5.34. The Labute approximate surface area is 145 Å². The molecule has 0 N–H and O–H groups in total. The molecule has 0 fully saturated rings. The van der Waals surface area contributed by atoms with Crippen molar-refractivity contribution in [3.05, 3.63) is 71.0 Å². The number of methoxy groups -OCH3 is 1. The van der Waals surface area contributed by atoms with Gasteiger partial charge in [-0.2, -0.15) is 0 Å². The first-order chi connectivity index (χ1) is 12.0. The van der Waals surface area contributed by atoms with Crippen LogP contribution in [0.4, 0.5) is 4.39 Å². The van der Waals surface area contributed by atoms with Crippen molar-refractivity contribution in [1.29, 1.82) is 0 Å². The predicted molar refractivity (Wildman–Crippen MR) is 93.0 cm³/mol. The maximum Gasteiger partial charge on any atom is 0.302 e. The number of ketones is 1. The van der Waals surface area contributed by atoms with Gasteiger partial charge in [-0.3, -0.25) is 9.59 Å². The minimum absolute atomic E-state index is 0.0531. The molecule has 0 aliphatic carbocycles. The zero-order chi connectivity index (χ0) is 18.2. The van der Waals surface area contributed by atoms with E-state index in [0.717, 1.165) is 0 Å². The first kappa shape index (κ1) is 18.4. The molecule has 0 amide bonds. The number of benzene rings is 2. The van der Waals surface area contributed by atoms with Gasteiger partial charge in [0.05, 0.1) is 13.7 Å². The minimum Gasteiger partial charge on any atom is -0.497 e. The number of rotatable bonds is 7. The van der Waals surface area contributed by atoms with Crippen molar-refractivity contribution in [2.75, 3.05) is 13.7 Å². The fourth-order valence-electron chi connectivity index (χ4n) is 2.26. The molecule has 4 nitrogen and oxygen atoms in total. The molecule has 0 aliphatic rings. The van der Waals surface area contributed by atoms with Crippen LogP contribution in [0.1, 0.15) is 29.3 Å². The zero-order valence-corrected chi connectivity index (χ0v) is 14.1. The summed E-state index contributed by atoms with van der Waals surface area (Å²) < 4.78 is 23.9. The summed E-state index contributed by atoms with van der Waals surface area (Å²) in [4.78, 5) is 23.7. The number of Topliss-reactive ketones (excluding diaryl/α,β-unsaturated/α-hetero) is 1. The van der Waals surface area contributed by atoms with Crippen molar-refractivity contribution in [3.8, 4) is 5.75 Å². The first-order valence-electron chi connectivity index (χ1n) is 7.78. The minimum atomic E-state index is -0.429. The molecular formula is C20H19FO4.